The molecule has 0 aliphatic carbocycles. The first-order chi connectivity index (χ1) is 14.8. The van der Waals surface area contributed by atoms with Gasteiger partial charge in [-0.05, 0) is 54.4 Å². The Morgan fingerprint density at radius 1 is 1.13 bits per heavy atom. The fourth-order valence-electron chi connectivity index (χ4n) is 2.71. The Labute approximate surface area is 184 Å². The first-order valence-electron chi connectivity index (χ1n) is 9.22. The number of Topliss-reactive ketones (excluding diaryl/α,β-unsaturated/α-hetero) is 1. The van der Waals surface area contributed by atoms with Crippen molar-refractivity contribution in [1.82, 2.24) is 14.9 Å². The second-order valence-corrected chi connectivity index (χ2v) is 8.76. The van der Waals surface area contributed by atoms with E-state index in [0.29, 0.717) is 12.1 Å². The molecule has 1 aromatic heterocycles. The number of methoxy groups -OCH3 is 1. The third-order valence-electron chi connectivity index (χ3n) is 4.43. The molecule has 0 spiro atoms. The van der Waals surface area contributed by atoms with Crippen LogP contribution < -0.4 is 9.46 Å². The van der Waals surface area contributed by atoms with Gasteiger partial charge in [0.1, 0.15) is 17.3 Å². The van der Waals surface area contributed by atoms with Crippen LogP contribution in [0.1, 0.15) is 28.2 Å². The number of halogens is 2. The molecule has 0 aliphatic heterocycles. The van der Waals surface area contributed by atoms with E-state index in [1.54, 1.807) is 7.11 Å². The normalized spacial score (nSPS) is 11.3. The van der Waals surface area contributed by atoms with Crippen LogP contribution >= 0.6 is 11.6 Å². The molecule has 1 heterocycles. The summed E-state index contributed by atoms with van der Waals surface area (Å²) >= 11 is 5.64. The number of hydrogen-bond donors (Lipinski definition) is 1. The van der Waals surface area contributed by atoms with E-state index < -0.39 is 15.8 Å². The van der Waals surface area contributed by atoms with E-state index in [1.165, 1.54) is 12.1 Å². The van der Waals surface area contributed by atoms with Crippen molar-refractivity contribution in [2.24, 2.45) is 0 Å². The van der Waals surface area contributed by atoms with Crippen molar-refractivity contribution in [1.29, 1.82) is 0 Å². The number of sulfonamides is 1. The Balaban J connectivity index is 1.58. The fourth-order valence-corrected chi connectivity index (χ4v) is 3.98. The number of aromatic nitrogens is 2. The van der Waals surface area contributed by atoms with Crippen LogP contribution in [0.4, 0.5) is 4.39 Å². The Hall–Kier alpha value is -2.88. The first kappa shape index (κ1) is 22.8. The molecule has 3 rings (SSSR count). The van der Waals surface area contributed by atoms with Crippen LogP contribution in [-0.2, 0) is 23.0 Å². The van der Waals surface area contributed by atoms with E-state index in [4.69, 9.17) is 16.3 Å². The molecule has 0 amide bonds. The van der Waals surface area contributed by atoms with Crippen LogP contribution in [0, 0.1) is 5.82 Å². The van der Waals surface area contributed by atoms with Crippen molar-refractivity contribution >= 4 is 27.4 Å². The van der Waals surface area contributed by atoms with Gasteiger partial charge in [0.05, 0.1) is 29.3 Å². The molecule has 3 aromatic rings. The van der Waals surface area contributed by atoms with Crippen LogP contribution in [0.15, 0.2) is 59.5 Å². The average Bonchev–Trinajstić information content (AvgIpc) is 2.78. The molecular formula is C21H19ClFN3O4S. The molecule has 10 heteroatoms. The SMILES string of the molecule is COc1cccc(CCC(=O)c2ccc(CNS(=O)(=O)c3ccc(F)c(Cl)c3)nn2)c1. The standard InChI is InChI=1S/C21H19ClFN3O4S/c1-30-16-4-2-3-14(11-16)5-10-21(27)20-9-6-15(25-26-20)13-24-31(28,29)17-7-8-19(23)18(22)12-17/h2-4,6-9,11-12,24H,5,10,13H2,1H3. The van der Waals surface area contributed by atoms with Crippen LogP contribution in [0.2, 0.25) is 5.02 Å². The van der Waals surface area contributed by atoms with Crippen molar-refractivity contribution in [3.8, 4) is 5.75 Å². The molecule has 0 saturated heterocycles. The zero-order valence-electron chi connectivity index (χ0n) is 16.5. The molecule has 0 saturated carbocycles. The molecule has 0 fully saturated rings. The summed E-state index contributed by atoms with van der Waals surface area (Å²) in [5.41, 5.74) is 1.48. The lowest BCUT2D eigenvalue weighted by atomic mass is 10.1. The summed E-state index contributed by atoms with van der Waals surface area (Å²) in [4.78, 5) is 12.2. The highest BCUT2D eigenvalue weighted by Crippen LogP contribution is 2.19. The van der Waals surface area contributed by atoms with Crippen LogP contribution in [-0.4, -0.2) is 31.5 Å². The van der Waals surface area contributed by atoms with E-state index in [1.807, 2.05) is 24.3 Å². The second-order valence-electron chi connectivity index (χ2n) is 6.59. The summed E-state index contributed by atoms with van der Waals surface area (Å²) < 4.78 is 45.3. The molecule has 1 N–H and O–H groups in total. The Bertz CT molecular complexity index is 1190. The number of hydrogen-bond acceptors (Lipinski definition) is 6. The van der Waals surface area contributed by atoms with Gasteiger partial charge in [0.25, 0.3) is 0 Å². The van der Waals surface area contributed by atoms with Crippen LogP contribution in [0.3, 0.4) is 0 Å². The number of aryl methyl sites for hydroxylation is 1. The van der Waals surface area contributed by atoms with Crippen LogP contribution in [0.5, 0.6) is 5.75 Å². The summed E-state index contributed by atoms with van der Waals surface area (Å²) in [5, 5.41) is 7.51. The maximum absolute atomic E-state index is 13.2. The maximum Gasteiger partial charge on any atom is 0.240 e. The van der Waals surface area contributed by atoms with Crippen molar-refractivity contribution in [3.63, 3.8) is 0 Å². The third kappa shape index (κ3) is 6.06. The van der Waals surface area contributed by atoms with E-state index in [0.717, 1.165) is 29.5 Å². The van der Waals surface area contributed by atoms with Crippen molar-refractivity contribution in [2.75, 3.05) is 7.11 Å². The molecule has 7 nitrogen and oxygen atoms in total. The Morgan fingerprint density at radius 2 is 1.94 bits per heavy atom. The maximum atomic E-state index is 13.2. The zero-order chi connectivity index (χ0) is 22.4. The molecule has 0 bridgehead atoms. The molecule has 0 unspecified atom stereocenters. The highest BCUT2D eigenvalue weighted by atomic mass is 35.5. The van der Waals surface area contributed by atoms with Gasteiger partial charge in [-0.1, -0.05) is 23.7 Å². The highest BCUT2D eigenvalue weighted by Gasteiger charge is 2.16. The minimum absolute atomic E-state index is 0.150. The number of carbonyl (C=O) groups excluding carboxylic acids is 1. The minimum atomic E-state index is -3.92. The minimum Gasteiger partial charge on any atom is -0.497 e. The van der Waals surface area contributed by atoms with Crippen molar-refractivity contribution < 1.29 is 22.3 Å². The summed E-state index contributed by atoms with van der Waals surface area (Å²) in [5.74, 6) is -0.166. The summed E-state index contributed by atoms with van der Waals surface area (Å²) in [6.45, 7) is -0.150. The van der Waals surface area contributed by atoms with Gasteiger partial charge in [0, 0.05) is 6.42 Å². The number of benzene rings is 2. The number of nitrogens with zero attached hydrogens (tertiary/aromatic N) is 2. The van der Waals surface area contributed by atoms with Crippen LogP contribution in [0.25, 0.3) is 0 Å². The Morgan fingerprint density at radius 3 is 2.61 bits per heavy atom. The third-order valence-corrected chi connectivity index (χ3v) is 6.11. The topological polar surface area (TPSA) is 98.2 Å². The molecule has 0 radical (unpaired) electrons. The van der Waals surface area contributed by atoms with Gasteiger partial charge in [0.2, 0.25) is 10.0 Å². The van der Waals surface area contributed by atoms with Crippen molar-refractivity contribution in [2.45, 2.75) is 24.3 Å². The Kier molecular flexibility index (Phi) is 7.32. The average molecular weight is 464 g/mol. The predicted octanol–water partition coefficient (Wildman–Crippen LogP) is 3.57. The molecule has 162 valence electrons. The smallest absolute Gasteiger partial charge is 0.240 e. The van der Waals surface area contributed by atoms with E-state index in [-0.39, 0.29) is 34.4 Å². The van der Waals surface area contributed by atoms with Gasteiger partial charge >= 0.3 is 0 Å². The molecule has 0 aliphatic rings. The lowest BCUT2D eigenvalue weighted by Gasteiger charge is -2.07. The van der Waals surface area contributed by atoms with E-state index in [9.17, 15) is 17.6 Å². The number of rotatable bonds is 9. The summed E-state index contributed by atoms with van der Waals surface area (Å²) in [6, 6.07) is 13.6. The summed E-state index contributed by atoms with van der Waals surface area (Å²) in [6.07, 6.45) is 0.776. The van der Waals surface area contributed by atoms with Gasteiger partial charge in [-0.25, -0.2) is 17.5 Å². The quantitative estimate of drug-likeness (QED) is 0.487. The second kappa shape index (κ2) is 9.95. The number of nitrogens with one attached hydrogen (secondary N) is 1. The fraction of sp³-hybridized carbons (Fsp3) is 0.190. The van der Waals surface area contributed by atoms with Gasteiger partial charge < -0.3 is 4.74 Å². The predicted molar refractivity (Wildman–Crippen MR) is 113 cm³/mol. The number of ketones is 1. The van der Waals surface area contributed by atoms with E-state index >= 15 is 0 Å². The number of ether oxygens (including phenoxy) is 1. The van der Waals surface area contributed by atoms with Gasteiger partial charge in [-0.3, -0.25) is 4.79 Å². The zero-order valence-corrected chi connectivity index (χ0v) is 18.1. The van der Waals surface area contributed by atoms with Gasteiger partial charge in [-0.15, -0.1) is 5.10 Å². The number of carbonyl (C=O) groups is 1. The largest absolute Gasteiger partial charge is 0.497 e. The molecule has 31 heavy (non-hydrogen) atoms. The summed E-state index contributed by atoms with van der Waals surface area (Å²) in [7, 11) is -2.34. The van der Waals surface area contributed by atoms with Crippen molar-refractivity contribution in [3.05, 3.63) is 82.4 Å². The highest BCUT2D eigenvalue weighted by molar-refractivity contribution is 7.89. The van der Waals surface area contributed by atoms with E-state index in [2.05, 4.69) is 14.9 Å². The monoisotopic (exact) mass is 463 g/mol. The lowest BCUT2D eigenvalue weighted by Crippen LogP contribution is -2.24. The first-order valence-corrected chi connectivity index (χ1v) is 11.1. The van der Waals surface area contributed by atoms with Gasteiger partial charge in [-0.2, -0.15) is 5.10 Å². The lowest BCUT2D eigenvalue weighted by molar-refractivity contribution is 0.0977. The molecule has 0 atom stereocenters. The molecular weight excluding hydrogens is 445 g/mol. The molecule has 2 aromatic carbocycles. The van der Waals surface area contributed by atoms with Gasteiger partial charge in [0.15, 0.2) is 5.78 Å².